The number of halogens is 1. The van der Waals surface area contributed by atoms with Crippen molar-refractivity contribution in [2.24, 2.45) is 0 Å². The third-order valence-corrected chi connectivity index (χ3v) is 4.45. The van der Waals surface area contributed by atoms with Crippen molar-refractivity contribution in [2.45, 2.75) is 18.9 Å². The standard InChI is InChI=1S/C16H20ClN3O3/c17-13-10-11(19-15(21)14-2-1-5-18-14)3-4-12(13)16(22)20-6-8-23-9-7-20/h3-4,10,14,18H,1-2,5-9H2,(H,19,21). The summed E-state index contributed by atoms with van der Waals surface area (Å²) in [5.74, 6) is -0.167. The van der Waals surface area contributed by atoms with Crippen molar-refractivity contribution < 1.29 is 14.3 Å². The fourth-order valence-corrected chi connectivity index (χ4v) is 3.10. The van der Waals surface area contributed by atoms with Crippen molar-refractivity contribution in [1.82, 2.24) is 10.2 Å². The van der Waals surface area contributed by atoms with E-state index in [1.807, 2.05) is 0 Å². The zero-order chi connectivity index (χ0) is 16.2. The van der Waals surface area contributed by atoms with Gasteiger partial charge in [0.1, 0.15) is 0 Å². The Morgan fingerprint density at radius 1 is 1.30 bits per heavy atom. The van der Waals surface area contributed by atoms with Crippen LogP contribution in [0.3, 0.4) is 0 Å². The molecule has 2 saturated heterocycles. The van der Waals surface area contributed by atoms with Crippen LogP contribution >= 0.6 is 11.6 Å². The number of morpholine rings is 1. The smallest absolute Gasteiger partial charge is 0.255 e. The lowest BCUT2D eigenvalue weighted by molar-refractivity contribution is -0.117. The van der Waals surface area contributed by atoms with Crippen LogP contribution in [0.4, 0.5) is 5.69 Å². The number of benzene rings is 1. The number of nitrogens with one attached hydrogen (secondary N) is 2. The summed E-state index contributed by atoms with van der Waals surface area (Å²) in [6, 6.07) is 4.86. The topological polar surface area (TPSA) is 70.7 Å². The fourth-order valence-electron chi connectivity index (χ4n) is 2.84. The van der Waals surface area contributed by atoms with Crippen LogP contribution in [0.5, 0.6) is 0 Å². The summed E-state index contributed by atoms with van der Waals surface area (Å²) in [6.45, 7) is 3.10. The van der Waals surface area contributed by atoms with E-state index in [1.54, 1.807) is 23.1 Å². The summed E-state index contributed by atoms with van der Waals surface area (Å²) in [4.78, 5) is 26.3. The summed E-state index contributed by atoms with van der Waals surface area (Å²) < 4.78 is 5.25. The van der Waals surface area contributed by atoms with Crippen LogP contribution in [-0.4, -0.2) is 55.6 Å². The predicted octanol–water partition coefficient (Wildman–Crippen LogP) is 1.50. The molecule has 1 unspecified atom stereocenters. The molecule has 0 spiro atoms. The zero-order valence-corrected chi connectivity index (χ0v) is 13.6. The number of hydrogen-bond acceptors (Lipinski definition) is 4. The van der Waals surface area contributed by atoms with E-state index in [2.05, 4.69) is 10.6 Å². The summed E-state index contributed by atoms with van der Waals surface area (Å²) in [5, 5.41) is 6.33. The number of ether oxygens (including phenoxy) is 1. The number of carbonyl (C=O) groups excluding carboxylic acids is 2. The van der Waals surface area contributed by atoms with Crippen molar-refractivity contribution in [3.05, 3.63) is 28.8 Å². The molecule has 1 aromatic rings. The van der Waals surface area contributed by atoms with Gasteiger partial charge in [-0.15, -0.1) is 0 Å². The van der Waals surface area contributed by atoms with Gasteiger partial charge in [0, 0.05) is 18.8 Å². The van der Waals surface area contributed by atoms with E-state index in [1.165, 1.54) is 0 Å². The third-order valence-electron chi connectivity index (χ3n) is 4.14. The maximum Gasteiger partial charge on any atom is 0.255 e. The van der Waals surface area contributed by atoms with Crippen molar-refractivity contribution in [3.8, 4) is 0 Å². The van der Waals surface area contributed by atoms with Gasteiger partial charge in [0.05, 0.1) is 29.8 Å². The van der Waals surface area contributed by atoms with Gasteiger partial charge >= 0.3 is 0 Å². The van der Waals surface area contributed by atoms with Gasteiger partial charge in [0.15, 0.2) is 0 Å². The number of nitrogens with zero attached hydrogens (tertiary/aromatic N) is 1. The van der Waals surface area contributed by atoms with Gasteiger partial charge in [-0.05, 0) is 37.6 Å². The van der Waals surface area contributed by atoms with Gasteiger partial charge in [0.25, 0.3) is 5.91 Å². The molecule has 124 valence electrons. The van der Waals surface area contributed by atoms with Gasteiger partial charge in [-0.25, -0.2) is 0 Å². The fraction of sp³-hybridized carbons (Fsp3) is 0.500. The quantitative estimate of drug-likeness (QED) is 0.877. The Hall–Kier alpha value is -1.63. The molecule has 2 heterocycles. The second kappa shape index (κ2) is 7.29. The van der Waals surface area contributed by atoms with Crippen molar-refractivity contribution in [1.29, 1.82) is 0 Å². The van der Waals surface area contributed by atoms with E-state index in [0.717, 1.165) is 19.4 Å². The van der Waals surface area contributed by atoms with Gasteiger partial charge in [-0.1, -0.05) is 11.6 Å². The minimum absolute atomic E-state index is 0.0641. The number of hydrogen-bond donors (Lipinski definition) is 2. The second-order valence-electron chi connectivity index (χ2n) is 5.74. The van der Waals surface area contributed by atoms with Crippen LogP contribution < -0.4 is 10.6 Å². The maximum atomic E-state index is 12.5. The SMILES string of the molecule is O=C(Nc1ccc(C(=O)N2CCOCC2)c(Cl)c1)C1CCCN1. The highest BCUT2D eigenvalue weighted by Gasteiger charge is 2.23. The van der Waals surface area contributed by atoms with Crippen LogP contribution in [0.1, 0.15) is 23.2 Å². The third kappa shape index (κ3) is 3.83. The van der Waals surface area contributed by atoms with Gasteiger partial charge in [-0.2, -0.15) is 0 Å². The number of rotatable bonds is 3. The molecule has 3 rings (SSSR count). The van der Waals surface area contributed by atoms with Gasteiger partial charge in [-0.3, -0.25) is 9.59 Å². The first-order valence-electron chi connectivity index (χ1n) is 7.86. The number of anilines is 1. The van der Waals surface area contributed by atoms with E-state index in [0.29, 0.717) is 42.6 Å². The average molecular weight is 338 g/mol. The molecule has 23 heavy (non-hydrogen) atoms. The molecule has 1 atom stereocenters. The monoisotopic (exact) mass is 337 g/mol. The summed E-state index contributed by atoms with van der Waals surface area (Å²) in [7, 11) is 0. The van der Waals surface area contributed by atoms with Gasteiger partial charge in [0.2, 0.25) is 5.91 Å². The normalized spacial score (nSPS) is 21.3. The molecule has 2 aliphatic rings. The molecule has 1 aromatic carbocycles. The first-order chi connectivity index (χ1) is 11.1. The zero-order valence-electron chi connectivity index (χ0n) is 12.8. The van der Waals surface area contributed by atoms with Crippen LogP contribution in [0, 0.1) is 0 Å². The van der Waals surface area contributed by atoms with E-state index in [9.17, 15) is 9.59 Å². The first kappa shape index (κ1) is 16.2. The predicted molar refractivity (Wildman–Crippen MR) is 87.8 cm³/mol. The second-order valence-corrected chi connectivity index (χ2v) is 6.14. The Morgan fingerprint density at radius 2 is 2.09 bits per heavy atom. The minimum atomic E-state index is -0.150. The van der Waals surface area contributed by atoms with Crippen LogP contribution in [-0.2, 0) is 9.53 Å². The Morgan fingerprint density at radius 3 is 2.74 bits per heavy atom. The molecule has 2 aliphatic heterocycles. The Labute approximate surface area is 140 Å². The number of amides is 2. The van der Waals surface area contributed by atoms with Crippen LogP contribution in [0.25, 0.3) is 0 Å². The van der Waals surface area contributed by atoms with Crippen molar-refractivity contribution >= 4 is 29.1 Å². The van der Waals surface area contributed by atoms with Crippen LogP contribution in [0.15, 0.2) is 18.2 Å². The Bertz CT molecular complexity index is 596. The molecule has 2 fully saturated rings. The summed E-state index contributed by atoms with van der Waals surface area (Å²) in [5.41, 5.74) is 1.05. The molecule has 0 aromatic heterocycles. The molecule has 0 saturated carbocycles. The molecule has 7 heteroatoms. The molecule has 2 amide bonds. The van der Waals surface area contributed by atoms with E-state index >= 15 is 0 Å². The molecular weight excluding hydrogens is 318 g/mol. The molecule has 0 bridgehead atoms. The minimum Gasteiger partial charge on any atom is -0.378 e. The van der Waals surface area contributed by atoms with E-state index in [4.69, 9.17) is 16.3 Å². The summed E-state index contributed by atoms with van der Waals surface area (Å²) in [6.07, 6.45) is 1.85. The molecule has 6 nitrogen and oxygen atoms in total. The lowest BCUT2D eigenvalue weighted by atomic mass is 10.1. The van der Waals surface area contributed by atoms with Crippen molar-refractivity contribution in [2.75, 3.05) is 38.2 Å². The molecule has 0 aliphatic carbocycles. The van der Waals surface area contributed by atoms with E-state index in [-0.39, 0.29) is 17.9 Å². The Kier molecular flexibility index (Phi) is 5.15. The van der Waals surface area contributed by atoms with E-state index < -0.39 is 0 Å². The number of carbonyl (C=O) groups is 2. The highest BCUT2D eigenvalue weighted by Crippen LogP contribution is 2.23. The van der Waals surface area contributed by atoms with Crippen LogP contribution in [0.2, 0.25) is 5.02 Å². The molecule has 0 radical (unpaired) electrons. The average Bonchev–Trinajstić information content (AvgIpc) is 3.10. The highest BCUT2D eigenvalue weighted by atomic mass is 35.5. The Balaban J connectivity index is 1.67. The maximum absolute atomic E-state index is 12.5. The van der Waals surface area contributed by atoms with Crippen molar-refractivity contribution in [3.63, 3.8) is 0 Å². The lowest BCUT2D eigenvalue weighted by Crippen LogP contribution is -2.40. The van der Waals surface area contributed by atoms with Gasteiger partial charge < -0.3 is 20.3 Å². The largest absolute Gasteiger partial charge is 0.378 e. The molecule has 2 N–H and O–H groups in total. The molecular formula is C16H20ClN3O3. The summed E-state index contributed by atoms with van der Waals surface area (Å²) >= 11 is 6.24. The lowest BCUT2D eigenvalue weighted by Gasteiger charge is -2.27. The highest BCUT2D eigenvalue weighted by molar-refractivity contribution is 6.34. The first-order valence-corrected chi connectivity index (χ1v) is 8.24.